The lowest BCUT2D eigenvalue weighted by molar-refractivity contribution is 0.233. The minimum absolute atomic E-state index is 0.801. The van der Waals surface area contributed by atoms with Crippen molar-refractivity contribution in [1.29, 1.82) is 0 Å². The summed E-state index contributed by atoms with van der Waals surface area (Å²) in [6, 6.07) is 1.72. The van der Waals surface area contributed by atoms with E-state index in [1.54, 1.807) is 0 Å². The Labute approximate surface area is 120 Å². The summed E-state index contributed by atoms with van der Waals surface area (Å²) < 4.78 is 0. The number of rotatable bonds is 8. The quantitative estimate of drug-likeness (QED) is 0.721. The van der Waals surface area contributed by atoms with Gasteiger partial charge in [0.2, 0.25) is 0 Å². The van der Waals surface area contributed by atoms with Gasteiger partial charge in [0.25, 0.3) is 0 Å². The van der Waals surface area contributed by atoms with Gasteiger partial charge in [-0.3, -0.25) is 4.90 Å². The SMILES string of the molecule is CCN(CCNC1CCCC(CC(C)C)C1)C1CC1. The summed E-state index contributed by atoms with van der Waals surface area (Å²) in [6.07, 6.45) is 10.1. The molecule has 2 aliphatic rings. The molecule has 0 amide bonds. The summed E-state index contributed by atoms with van der Waals surface area (Å²) in [7, 11) is 0. The number of hydrogen-bond acceptors (Lipinski definition) is 2. The Bertz CT molecular complexity index is 248. The van der Waals surface area contributed by atoms with Gasteiger partial charge in [0.1, 0.15) is 0 Å². The number of nitrogens with zero attached hydrogens (tertiary/aromatic N) is 1. The first kappa shape index (κ1) is 15.3. The molecule has 0 aromatic carbocycles. The van der Waals surface area contributed by atoms with Crippen LogP contribution in [0.3, 0.4) is 0 Å². The van der Waals surface area contributed by atoms with Crippen molar-refractivity contribution < 1.29 is 0 Å². The second-order valence-electron chi connectivity index (χ2n) is 7.17. The average Bonchev–Trinajstić information content (AvgIpc) is 3.18. The molecule has 2 fully saturated rings. The number of hydrogen-bond donors (Lipinski definition) is 1. The van der Waals surface area contributed by atoms with Crippen LogP contribution in [0.1, 0.15) is 65.7 Å². The average molecular weight is 266 g/mol. The summed E-state index contributed by atoms with van der Waals surface area (Å²) in [5, 5.41) is 3.83. The smallest absolute Gasteiger partial charge is 0.0110 e. The molecule has 0 bridgehead atoms. The maximum Gasteiger partial charge on any atom is 0.0110 e. The van der Waals surface area contributed by atoms with Crippen LogP contribution in [0.4, 0.5) is 0 Å². The Morgan fingerprint density at radius 2 is 1.95 bits per heavy atom. The van der Waals surface area contributed by atoms with Crippen molar-refractivity contribution in [2.45, 2.75) is 77.8 Å². The van der Waals surface area contributed by atoms with Gasteiger partial charge >= 0.3 is 0 Å². The fraction of sp³-hybridized carbons (Fsp3) is 1.00. The van der Waals surface area contributed by atoms with Crippen LogP contribution < -0.4 is 5.32 Å². The molecule has 2 rings (SSSR count). The van der Waals surface area contributed by atoms with Gasteiger partial charge in [0.05, 0.1) is 0 Å². The van der Waals surface area contributed by atoms with E-state index >= 15 is 0 Å². The van der Waals surface area contributed by atoms with Crippen molar-refractivity contribution in [3.05, 3.63) is 0 Å². The highest BCUT2D eigenvalue weighted by Gasteiger charge is 2.27. The third kappa shape index (κ3) is 5.43. The Morgan fingerprint density at radius 3 is 2.58 bits per heavy atom. The molecule has 112 valence electrons. The predicted molar refractivity (Wildman–Crippen MR) is 83.5 cm³/mol. The van der Waals surface area contributed by atoms with Gasteiger partial charge in [-0.1, -0.05) is 33.6 Å². The van der Waals surface area contributed by atoms with Crippen LogP contribution in [0.25, 0.3) is 0 Å². The van der Waals surface area contributed by atoms with Crippen molar-refractivity contribution in [3.63, 3.8) is 0 Å². The normalized spacial score (nSPS) is 28.3. The molecule has 0 heterocycles. The van der Waals surface area contributed by atoms with Crippen LogP contribution in [0.15, 0.2) is 0 Å². The Hall–Kier alpha value is -0.0800. The van der Waals surface area contributed by atoms with Crippen LogP contribution in [0.2, 0.25) is 0 Å². The van der Waals surface area contributed by atoms with Crippen LogP contribution >= 0.6 is 0 Å². The molecule has 0 aromatic rings. The zero-order chi connectivity index (χ0) is 13.7. The van der Waals surface area contributed by atoms with E-state index in [1.807, 2.05) is 0 Å². The lowest BCUT2D eigenvalue weighted by atomic mass is 9.81. The molecule has 2 saturated carbocycles. The van der Waals surface area contributed by atoms with E-state index in [-0.39, 0.29) is 0 Å². The monoisotopic (exact) mass is 266 g/mol. The number of nitrogens with one attached hydrogen (secondary N) is 1. The van der Waals surface area contributed by atoms with Crippen molar-refractivity contribution in [3.8, 4) is 0 Å². The fourth-order valence-corrected chi connectivity index (χ4v) is 3.81. The van der Waals surface area contributed by atoms with Gasteiger partial charge in [0.15, 0.2) is 0 Å². The summed E-state index contributed by atoms with van der Waals surface area (Å²) in [5.74, 6) is 1.85. The van der Waals surface area contributed by atoms with Gasteiger partial charge in [-0.15, -0.1) is 0 Å². The second kappa shape index (κ2) is 7.64. The zero-order valence-corrected chi connectivity index (χ0v) is 13.3. The molecule has 19 heavy (non-hydrogen) atoms. The van der Waals surface area contributed by atoms with Gasteiger partial charge in [-0.2, -0.15) is 0 Å². The summed E-state index contributed by atoms with van der Waals surface area (Å²) in [6.45, 7) is 10.7. The van der Waals surface area contributed by atoms with Crippen LogP contribution in [-0.4, -0.2) is 36.6 Å². The molecule has 1 N–H and O–H groups in total. The van der Waals surface area contributed by atoms with Crippen LogP contribution in [0.5, 0.6) is 0 Å². The number of likely N-dealkylation sites (N-methyl/N-ethyl adjacent to an activating group) is 1. The molecule has 2 heteroatoms. The van der Waals surface area contributed by atoms with E-state index in [0.717, 1.165) is 23.9 Å². The summed E-state index contributed by atoms with van der Waals surface area (Å²) in [5.41, 5.74) is 0. The minimum Gasteiger partial charge on any atom is -0.313 e. The van der Waals surface area contributed by atoms with Crippen molar-refractivity contribution >= 4 is 0 Å². The lowest BCUT2D eigenvalue weighted by Gasteiger charge is -2.31. The van der Waals surface area contributed by atoms with E-state index < -0.39 is 0 Å². The third-order valence-electron chi connectivity index (χ3n) is 4.89. The summed E-state index contributed by atoms with van der Waals surface area (Å²) >= 11 is 0. The Kier molecular flexibility index (Phi) is 6.15. The Morgan fingerprint density at radius 1 is 1.16 bits per heavy atom. The molecular weight excluding hydrogens is 232 g/mol. The van der Waals surface area contributed by atoms with Gasteiger partial charge in [-0.25, -0.2) is 0 Å². The highest BCUT2D eigenvalue weighted by atomic mass is 15.2. The van der Waals surface area contributed by atoms with E-state index in [1.165, 1.54) is 64.6 Å². The molecule has 0 aromatic heterocycles. The fourth-order valence-electron chi connectivity index (χ4n) is 3.81. The molecular formula is C17H34N2. The highest BCUT2D eigenvalue weighted by Crippen LogP contribution is 2.29. The lowest BCUT2D eigenvalue weighted by Crippen LogP contribution is -2.40. The Balaban J connectivity index is 1.61. The topological polar surface area (TPSA) is 15.3 Å². The van der Waals surface area contributed by atoms with Gasteiger partial charge < -0.3 is 5.32 Å². The minimum atomic E-state index is 0.801. The van der Waals surface area contributed by atoms with Gasteiger partial charge in [-0.05, 0) is 50.5 Å². The molecule has 2 aliphatic carbocycles. The van der Waals surface area contributed by atoms with Crippen molar-refractivity contribution in [2.75, 3.05) is 19.6 Å². The first-order valence-corrected chi connectivity index (χ1v) is 8.66. The third-order valence-corrected chi connectivity index (χ3v) is 4.89. The second-order valence-corrected chi connectivity index (χ2v) is 7.17. The molecule has 2 unspecified atom stereocenters. The highest BCUT2D eigenvalue weighted by molar-refractivity contribution is 4.85. The van der Waals surface area contributed by atoms with Crippen molar-refractivity contribution in [2.24, 2.45) is 11.8 Å². The van der Waals surface area contributed by atoms with Crippen molar-refractivity contribution in [1.82, 2.24) is 10.2 Å². The molecule has 2 nitrogen and oxygen atoms in total. The van der Waals surface area contributed by atoms with E-state index in [9.17, 15) is 0 Å². The molecule has 0 saturated heterocycles. The van der Waals surface area contributed by atoms with E-state index in [2.05, 4.69) is 31.0 Å². The maximum absolute atomic E-state index is 3.83. The largest absolute Gasteiger partial charge is 0.313 e. The summed E-state index contributed by atoms with van der Waals surface area (Å²) in [4.78, 5) is 2.65. The first-order valence-electron chi connectivity index (χ1n) is 8.66. The molecule has 0 aliphatic heterocycles. The molecule has 0 spiro atoms. The standard InChI is InChI=1S/C17H34N2/c1-4-19(17-8-9-17)11-10-18-16-7-5-6-15(13-16)12-14(2)3/h14-18H,4-13H2,1-3H3. The predicted octanol–water partition coefficient (Wildman–Crippen LogP) is 3.67. The maximum atomic E-state index is 3.83. The molecule has 2 atom stereocenters. The first-order chi connectivity index (χ1) is 9.19. The van der Waals surface area contributed by atoms with Gasteiger partial charge in [0, 0.05) is 25.2 Å². The van der Waals surface area contributed by atoms with E-state index in [0.29, 0.717) is 0 Å². The van der Waals surface area contributed by atoms with E-state index in [4.69, 9.17) is 0 Å². The molecule has 0 radical (unpaired) electrons. The zero-order valence-electron chi connectivity index (χ0n) is 13.3. The van der Waals surface area contributed by atoms with Crippen LogP contribution in [-0.2, 0) is 0 Å². The van der Waals surface area contributed by atoms with Crippen LogP contribution in [0, 0.1) is 11.8 Å².